The summed E-state index contributed by atoms with van der Waals surface area (Å²) in [4.78, 5) is 29.3. The second-order valence-electron chi connectivity index (χ2n) is 9.18. The van der Waals surface area contributed by atoms with Gasteiger partial charge in [0.25, 0.3) is 5.91 Å². The number of nitrogens with one attached hydrogen (secondary N) is 3. The molecule has 10 nitrogen and oxygen atoms in total. The molecule has 3 heterocycles. The molecule has 3 aromatic rings. The number of aliphatic hydroxyl groups excluding tert-OH is 1. The highest BCUT2D eigenvalue weighted by atomic mass is 35.5. The van der Waals surface area contributed by atoms with E-state index in [1.807, 2.05) is 6.92 Å². The molecular weight excluding hydrogens is 593 g/mol. The lowest BCUT2D eigenvalue weighted by molar-refractivity contribution is -0.206. The fourth-order valence-corrected chi connectivity index (χ4v) is 4.39. The first kappa shape index (κ1) is 32.3. The largest absolute Gasteiger partial charge is 0.414 e. The van der Waals surface area contributed by atoms with E-state index in [0.717, 1.165) is 4.68 Å². The van der Waals surface area contributed by atoms with Crippen molar-refractivity contribution in [2.45, 2.75) is 75.7 Å². The van der Waals surface area contributed by atoms with Gasteiger partial charge >= 0.3 is 6.18 Å². The first-order chi connectivity index (χ1) is 19.3. The van der Waals surface area contributed by atoms with Gasteiger partial charge in [-0.25, -0.2) is 4.98 Å². The first-order valence-electron chi connectivity index (χ1n) is 12.7. The fourth-order valence-electron chi connectivity index (χ4n) is 4.09. The SMILES string of the molecule is CCc1n[nH]c(C)c1-c1ccc(NC(=O)[C@H](CCCC(Cl)Cl)NC(=O)c2ccnn2CCC(O)C(F)(F)F)nc1F. The van der Waals surface area contributed by atoms with Crippen LogP contribution in [0, 0.1) is 12.9 Å². The number of H-pyrrole nitrogens is 1. The number of rotatable bonds is 13. The zero-order valence-electron chi connectivity index (χ0n) is 22.1. The number of pyridine rings is 1. The van der Waals surface area contributed by atoms with Gasteiger partial charge in [0.1, 0.15) is 22.4 Å². The molecule has 0 spiro atoms. The molecule has 0 radical (unpaired) electrons. The summed E-state index contributed by atoms with van der Waals surface area (Å²) in [5.74, 6) is -2.45. The van der Waals surface area contributed by atoms with Gasteiger partial charge in [-0.1, -0.05) is 6.92 Å². The molecule has 0 aliphatic carbocycles. The molecule has 3 rings (SSSR count). The number of alkyl halides is 5. The van der Waals surface area contributed by atoms with Crippen molar-refractivity contribution in [2.24, 2.45) is 0 Å². The topological polar surface area (TPSA) is 138 Å². The van der Waals surface area contributed by atoms with E-state index in [-0.39, 0.29) is 23.5 Å². The molecule has 41 heavy (non-hydrogen) atoms. The Morgan fingerprint density at radius 1 is 1.17 bits per heavy atom. The van der Waals surface area contributed by atoms with Crippen molar-refractivity contribution in [3.8, 4) is 11.1 Å². The number of aryl methyl sites for hydroxylation is 3. The lowest BCUT2D eigenvalue weighted by atomic mass is 10.0. The van der Waals surface area contributed by atoms with Gasteiger partial charge in [-0.15, -0.1) is 23.2 Å². The predicted octanol–water partition coefficient (Wildman–Crippen LogP) is 4.70. The van der Waals surface area contributed by atoms with Crippen molar-refractivity contribution in [3.05, 3.63) is 47.4 Å². The second-order valence-corrected chi connectivity index (χ2v) is 10.5. The number of amides is 2. The predicted molar refractivity (Wildman–Crippen MR) is 144 cm³/mol. The summed E-state index contributed by atoms with van der Waals surface area (Å²) in [5.41, 5.74) is 1.98. The Kier molecular flexibility index (Phi) is 11.1. The van der Waals surface area contributed by atoms with E-state index in [1.54, 1.807) is 6.92 Å². The maximum absolute atomic E-state index is 15.0. The number of aliphatic hydroxyl groups is 1. The normalized spacial score (nSPS) is 13.3. The number of aromatic nitrogens is 5. The van der Waals surface area contributed by atoms with Gasteiger partial charge in [-0.05, 0) is 50.8 Å². The van der Waals surface area contributed by atoms with Gasteiger partial charge in [0, 0.05) is 36.0 Å². The monoisotopic (exact) mass is 621 g/mol. The van der Waals surface area contributed by atoms with Gasteiger partial charge in [-0.2, -0.15) is 27.8 Å². The Morgan fingerprint density at radius 2 is 1.90 bits per heavy atom. The summed E-state index contributed by atoms with van der Waals surface area (Å²) < 4.78 is 54.0. The fraction of sp³-hybridized carbons (Fsp3) is 0.480. The standard InChI is InChI=1S/C25H29Cl2F4N7O3/c1-3-15-21(13(2)36-37-15)14-7-8-20(34-22(14)28)35-23(40)16(5-4-6-19(26)27)33-24(41)17-9-11-32-38(17)12-10-18(39)25(29,30)31/h7-9,11,16,18-19,39H,3-6,10,12H2,1-2H3,(H,33,41)(H,36,37)(H,34,35,40)/t16-,18?/m0/s1. The molecule has 0 saturated heterocycles. The highest BCUT2D eigenvalue weighted by molar-refractivity contribution is 6.44. The lowest BCUT2D eigenvalue weighted by Crippen LogP contribution is -2.44. The third kappa shape index (κ3) is 8.63. The number of hydrogen-bond donors (Lipinski definition) is 4. The van der Waals surface area contributed by atoms with Gasteiger partial charge in [0.2, 0.25) is 11.9 Å². The summed E-state index contributed by atoms with van der Waals surface area (Å²) in [7, 11) is 0. The molecule has 0 saturated carbocycles. The number of carbonyl (C=O) groups is 2. The third-order valence-corrected chi connectivity index (χ3v) is 6.64. The van der Waals surface area contributed by atoms with Crippen molar-refractivity contribution < 1.29 is 32.3 Å². The Labute approximate surface area is 242 Å². The zero-order valence-corrected chi connectivity index (χ0v) is 23.6. The van der Waals surface area contributed by atoms with Crippen LogP contribution in [0.1, 0.15) is 54.5 Å². The number of aromatic amines is 1. The molecule has 3 aromatic heterocycles. The molecule has 2 amide bonds. The molecule has 0 aliphatic heterocycles. The highest BCUT2D eigenvalue weighted by Crippen LogP contribution is 2.29. The Bertz CT molecular complexity index is 1350. The zero-order chi connectivity index (χ0) is 30.3. The molecule has 4 N–H and O–H groups in total. The summed E-state index contributed by atoms with van der Waals surface area (Å²) in [5, 5.41) is 25.1. The minimum Gasteiger partial charge on any atom is -0.384 e. The van der Waals surface area contributed by atoms with E-state index in [9.17, 15) is 32.3 Å². The van der Waals surface area contributed by atoms with Crippen LogP contribution in [-0.4, -0.2) is 65.0 Å². The van der Waals surface area contributed by atoms with Crippen molar-refractivity contribution in [3.63, 3.8) is 0 Å². The minimum absolute atomic E-state index is 0.0864. The van der Waals surface area contributed by atoms with E-state index in [1.165, 1.54) is 24.4 Å². The number of anilines is 1. The molecular formula is C25H29Cl2F4N7O3. The highest BCUT2D eigenvalue weighted by Gasteiger charge is 2.38. The van der Waals surface area contributed by atoms with E-state index in [4.69, 9.17) is 23.2 Å². The van der Waals surface area contributed by atoms with Crippen LogP contribution in [0.5, 0.6) is 0 Å². The summed E-state index contributed by atoms with van der Waals surface area (Å²) in [6.45, 7) is 3.22. The summed E-state index contributed by atoms with van der Waals surface area (Å²) in [6.07, 6.45) is -5.65. The molecule has 16 heteroatoms. The maximum Gasteiger partial charge on any atom is 0.414 e. The van der Waals surface area contributed by atoms with Crippen LogP contribution in [0.4, 0.5) is 23.4 Å². The van der Waals surface area contributed by atoms with Crippen LogP contribution >= 0.6 is 23.2 Å². The first-order valence-corrected chi connectivity index (χ1v) is 13.6. The van der Waals surface area contributed by atoms with Crippen LogP contribution in [-0.2, 0) is 17.8 Å². The van der Waals surface area contributed by atoms with Crippen LogP contribution < -0.4 is 10.6 Å². The number of carbonyl (C=O) groups excluding carboxylic acids is 2. The van der Waals surface area contributed by atoms with Crippen LogP contribution in [0.3, 0.4) is 0 Å². The Hall–Kier alpha value is -3.23. The average molecular weight is 622 g/mol. The van der Waals surface area contributed by atoms with Gasteiger partial charge < -0.3 is 15.7 Å². The van der Waals surface area contributed by atoms with Crippen molar-refractivity contribution >= 4 is 40.8 Å². The van der Waals surface area contributed by atoms with Crippen molar-refractivity contribution in [2.75, 3.05) is 5.32 Å². The molecule has 1 unspecified atom stereocenters. The second kappa shape index (κ2) is 14.1. The number of hydrogen-bond acceptors (Lipinski definition) is 6. The summed E-state index contributed by atoms with van der Waals surface area (Å²) >= 11 is 11.6. The molecule has 0 aromatic carbocycles. The minimum atomic E-state index is -4.82. The molecule has 2 atom stereocenters. The maximum atomic E-state index is 15.0. The van der Waals surface area contributed by atoms with Crippen LogP contribution in [0.2, 0.25) is 0 Å². The molecule has 0 aliphatic rings. The van der Waals surface area contributed by atoms with Gasteiger partial charge in [0.05, 0.1) is 5.69 Å². The number of halogens is 6. The lowest BCUT2D eigenvalue weighted by Gasteiger charge is -2.19. The van der Waals surface area contributed by atoms with Gasteiger partial charge in [-0.3, -0.25) is 19.4 Å². The Morgan fingerprint density at radius 3 is 2.54 bits per heavy atom. The van der Waals surface area contributed by atoms with Crippen LogP contribution in [0.25, 0.3) is 11.1 Å². The van der Waals surface area contributed by atoms with Crippen LogP contribution in [0.15, 0.2) is 24.4 Å². The van der Waals surface area contributed by atoms with E-state index < -0.39 is 53.9 Å². The van der Waals surface area contributed by atoms with E-state index >= 15 is 0 Å². The van der Waals surface area contributed by atoms with Crippen molar-refractivity contribution in [1.82, 2.24) is 30.3 Å². The molecule has 0 fully saturated rings. The van der Waals surface area contributed by atoms with E-state index in [2.05, 4.69) is 30.9 Å². The Balaban J connectivity index is 1.75. The quantitative estimate of drug-likeness (QED) is 0.124. The van der Waals surface area contributed by atoms with E-state index in [0.29, 0.717) is 36.2 Å². The molecule has 0 bridgehead atoms. The van der Waals surface area contributed by atoms with Gasteiger partial charge in [0.15, 0.2) is 6.10 Å². The molecule has 224 valence electrons. The number of nitrogens with zero attached hydrogens (tertiary/aromatic N) is 4. The average Bonchev–Trinajstić information content (AvgIpc) is 3.52. The summed E-state index contributed by atoms with van der Waals surface area (Å²) in [6, 6.07) is 2.97. The van der Waals surface area contributed by atoms with Crippen molar-refractivity contribution in [1.29, 1.82) is 0 Å². The smallest absolute Gasteiger partial charge is 0.384 e. The third-order valence-electron chi connectivity index (χ3n) is 6.20.